The lowest BCUT2D eigenvalue weighted by atomic mass is 10.2. The molecule has 0 spiro atoms. The summed E-state index contributed by atoms with van der Waals surface area (Å²) >= 11 is 0. The summed E-state index contributed by atoms with van der Waals surface area (Å²) in [5.41, 5.74) is 0. The molecular formula is C17H38N2Si. The van der Waals surface area contributed by atoms with E-state index in [1.807, 2.05) is 0 Å². The lowest BCUT2D eigenvalue weighted by molar-refractivity contribution is 0.0542. The molecule has 3 heteroatoms. The van der Waals surface area contributed by atoms with E-state index >= 15 is 0 Å². The molecule has 0 aromatic rings. The summed E-state index contributed by atoms with van der Waals surface area (Å²) < 4.78 is 0. The molecule has 0 rings (SSSR count). The van der Waals surface area contributed by atoms with Crippen LogP contribution >= 0.6 is 0 Å². The summed E-state index contributed by atoms with van der Waals surface area (Å²) in [6.45, 7) is 18.2. The smallest absolute Gasteiger partial charge is 0.0592 e. The van der Waals surface area contributed by atoms with E-state index in [2.05, 4.69) is 50.1 Å². The van der Waals surface area contributed by atoms with Crippen LogP contribution in [0.4, 0.5) is 0 Å². The molecule has 0 unspecified atom stereocenters. The van der Waals surface area contributed by atoms with Crippen LogP contribution in [0.5, 0.6) is 0 Å². The zero-order valence-corrected chi connectivity index (χ0v) is 15.9. The van der Waals surface area contributed by atoms with Crippen molar-refractivity contribution in [3.8, 4) is 0 Å². The van der Waals surface area contributed by atoms with Gasteiger partial charge in [0.05, 0.1) is 6.17 Å². The van der Waals surface area contributed by atoms with E-state index in [9.17, 15) is 0 Å². The fourth-order valence-corrected chi connectivity index (χ4v) is 4.63. The lowest BCUT2D eigenvalue weighted by Crippen LogP contribution is -2.50. The summed E-state index contributed by atoms with van der Waals surface area (Å²) in [5, 5.41) is 0. The molecule has 0 saturated heterocycles. The topological polar surface area (TPSA) is 6.48 Å². The highest BCUT2D eigenvalue weighted by Gasteiger charge is 2.22. The molecule has 0 heterocycles. The molecule has 0 fully saturated rings. The molecule has 0 aromatic heterocycles. The molecule has 0 aliphatic rings. The van der Waals surface area contributed by atoms with Crippen LogP contribution in [0.2, 0.25) is 12.1 Å². The Labute approximate surface area is 130 Å². The van der Waals surface area contributed by atoms with Gasteiger partial charge in [-0.25, -0.2) is 0 Å². The molecule has 0 saturated carbocycles. The zero-order valence-electron chi connectivity index (χ0n) is 14.5. The van der Waals surface area contributed by atoms with Crippen molar-refractivity contribution < 1.29 is 0 Å². The third-order valence-electron chi connectivity index (χ3n) is 3.76. The molecule has 0 aliphatic carbocycles. The third kappa shape index (κ3) is 8.23. The van der Waals surface area contributed by atoms with Crippen molar-refractivity contribution >= 4 is 9.52 Å². The highest BCUT2D eigenvalue weighted by Crippen LogP contribution is 2.14. The Bertz CT molecular complexity index is 193. The van der Waals surface area contributed by atoms with E-state index in [0.29, 0.717) is 6.17 Å². The Hall–Kier alpha value is -0.123. The molecule has 0 aliphatic heterocycles. The van der Waals surface area contributed by atoms with Crippen molar-refractivity contribution in [1.82, 2.24) is 9.80 Å². The van der Waals surface area contributed by atoms with Crippen LogP contribution in [0.15, 0.2) is 12.7 Å². The normalized spacial score (nSPS) is 12.3. The maximum Gasteiger partial charge on any atom is 0.0592 e. The van der Waals surface area contributed by atoms with Gasteiger partial charge in [-0.15, -0.1) is 6.58 Å². The van der Waals surface area contributed by atoms with E-state index in [1.54, 1.807) is 0 Å². The van der Waals surface area contributed by atoms with Crippen LogP contribution in [-0.2, 0) is 0 Å². The number of hydrogen-bond acceptors (Lipinski definition) is 2. The third-order valence-corrected chi connectivity index (χ3v) is 5.50. The van der Waals surface area contributed by atoms with E-state index in [-0.39, 0.29) is 9.52 Å². The van der Waals surface area contributed by atoms with Gasteiger partial charge >= 0.3 is 0 Å². The van der Waals surface area contributed by atoms with Gasteiger partial charge in [0.15, 0.2) is 0 Å². The second kappa shape index (κ2) is 13.8. The Kier molecular flexibility index (Phi) is 13.8. The zero-order chi connectivity index (χ0) is 15.2. The maximum atomic E-state index is 3.90. The van der Waals surface area contributed by atoms with Crippen LogP contribution in [-0.4, -0.2) is 51.7 Å². The highest BCUT2D eigenvalue weighted by atomic mass is 28.2. The van der Waals surface area contributed by atoms with Crippen molar-refractivity contribution in [2.45, 2.75) is 71.6 Å². The highest BCUT2D eigenvalue weighted by molar-refractivity contribution is 6.36. The predicted molar refractivity (Wildman–Crippen MR) is 96.5 cm³/mol. The average Bonchev–Trinajstić information content (AvgIpc) is 2.44. The second-order valence-corrected chi connectivity index (χ2v) is 7.63. The van der Waals surface area contributed by atoms with Crippen molar-refractivity contribution in [2.75, 3.05) is 26.2 Å². The van der Waals surface area contributed by atoms with Gasteiger partial charge in [0.1, 0.15) is 0 Å². The molecule has 20 heavy (non-hydrogen) atoms. The van der Waals surface area contributed by atoms with Gasteiger partial charge in [-0.05, 0) is 64.0 Å². The van der Waals surface area contributed by atoms with Crippen molar-refractivity contribution in [3.63, 3.8) is 0 Å². The first-order valence-electron chi connectivity index (χ1n) is 8.83. The van der Waals surface area contributed by atoms with Gasteiger partial charge in [0.2, 0.25) is 0 Å². The Morgan fingerprint density at radius 2 is 1.25 bits per heavy atom. The summed E-state index contributed by atoms with van der Waals surface area (Å²) in [6.07, 6.45) is 7.90. The minimum Gasteiger partial charge on any atom is -0.288 e. The number of hydrogen-bond donors (Lipinski definition) is 0. The number of allylic oxidation sites excluding steroid dienone is 1. The minimum absolute atomic E-state index is 0.00897. The van der Waals surface area contributed by atoms with Crippen molar-refractivity contribution in [3.05, 3.63) is 12.7 Å². The summed E-state index contributed by atoms with van der Waals surface area (Å²) in [7, 11) is 0.00897. The van der Waals surface area contributed by atoms with Gasteiger partial charge in [-0.1, -0.05) is 33.8 Å². The summed E-state index contributed by atoms with van der Waals surface area (Å²) in [5.74, 6) is 0. The number of rotatable bonds is 14. The molecule has 120 valence electrons. The van der Waals surface area contributed by atoms with Gasteiger partial charge in [0.25, 0.3) is 0 Å². The first kappa shape index (κ1) is 19.9. The molecule has 0 atom stereocenters. The second-order valence-electron chi connectivity index (χ2n) is 5.77. The van der Waals surface area contributed by atoms with E-state index in [0.717, 1.165) is 0 Å². The van der Waals surface area contributed by atoms with Gasteiger partial charge in [-0.2, -0.15) is 0 Å². The largest absolute Gasteiger partial charge is 0.288 e. The van der Waals surface area contributed by atoms with Crippen LogP contribution in [0.1, 0.15) is 53.4 Å². The molecule has 0 radical (unpaired) electrons. The van der Waals surface area contributed by atoms with E-state index in [4.69, 9.17) is 0 Å². The van der Waals surface area contributed by atoms with Gasteiger partial charge in [-0.3, -0.25) is 9.80 Å². The van der Waals surface area contributed by atoms with E-state index < -0.39 is 0 Å². The molecule has 0 N–H and O–H groups in total. The maximum absolute atomic E-state index is 3.90. The van der Waals surface area contributed by atoms with Crippen LogP contribution in [0, 0.1) is 0 Å². The fourth-order valence-electron chi connectivity index (χ4n) is 3.01. The standard InChI is InChI=1S/C17H38N2Si/c1-6-11-18(12-7-2)17(16-20-15-10-5)19(13-8-3)14-9-4/h10,17H,5-9,11-16,20H2,1-4H3. The summed E-state index contributed by atoms with van der Waals surface area (Å²) in [4.78, 5) is 5.50. The number of nitrogens with zero attached hydrogens (tertiary/aromatic N) is 2. The quantitative estimate of drug-likeness (QED) is 0.209. The van der Waals surface area contributed by atoms with Gasteiger partial charge in [0, 0.05) is 9.52 Å². The predicted octanol–water partition coefficient (Wildman–Crippen LogP) is 3.75. The fraction of sp³-hybridized carbons (Fsp3) is 0.882. The van der Waals surface area contributed by atoms with Crippen LogP contribution in [0.3, 0.4) is 0 Å². The lowest BCUT2D eigenvalue weighted by Gasteiger charge is -2.40. The van der Waals surface area contributed by atoms with E-state index in [1.165, 1.54) is 64.0 Å². The molecule has 0 bridgehead atoms. The molecular weight excluding hydrogens is 260 g/mol. The molecule has 0 amide bonds. The average molecular weight is 299 g/mol. The Morgan fingerprint density at radius 3 is 1.55 bits per heavy atom. The van der Waals surface area contributed by atoms with Crippen LogP contribution < -0.4 is 0 Å². The molecule has 0 aromatic carbocycles. The minimum atomic E-state index is 0.00897. The first-order valence-corrected chi connectivity index (χ1v) is 10.8. The van der Waals surface area contributed by atoms with Crippen LogP contribution in [0.25, 0.3) is 0 Å². The SMILES string of the molecule is C=CC[SiH2]CC(N(CCC)CCC)N(CCC)CCC. The summed E-state index contributed by atoms with van der Waals surface area (Å²) in [6, 6.07) is 2.71. The van der Waals surface area contributed by atoms with Crippen molar-refractivity contribution in [1.29, 1.82) is 0 Å². The monoisotopic (exact) mass is 298 g/mol. The van der Waals surface area contributed by atoms with Gasteiger partial charge < -0.3 is 0 Å². The van der Waals surface area contributed by atoms with Crippen molar-refractivity contribution in [2.24, 2.45) is 0 Å². The molecule has 2 nitrogen and oxygen atoms in total. The first-order chi connectivity index (χ1) is 9.74. The Morgan fingerprint density at radius 1 is 0.850 bits per heavy atom. The Balaban J connectivity index is 4.80.